The highest BCUT2D eigenvalue weighted by molar-refractivity contribution is 5.80. The summed E-state index contributed by atoms with van der Waals surface area (Å²) in [6.07, 6.45) is 0.765. The van der Waals surface area contributed by atoms with E-state index in [9.17, 15) is 9.18 Å². The van der Waals surface area contributed by atoms with Gasteiger partial charge in [0.1, 0.15) is 11.9 Å². The monoisotopic (exact) mass is 304 g/mol. The van der Waals surface area contributed by atoms with Crippen LogP contribution in [0.3, 0.4) is 0 Å². The molecule has 7 heteroatoms. The Kier molecular flexibility index (Phi) is 4.15. The molecule has 1 fully saturated rings. The minimum Gasteiger partial charge on any atom is -0.341 e. The first-order chi connectivity index (χ1) is 10.6. The zero-order chi connectivity index (χ0) is 15.5. The molecule has 1 aromatic heterocycles. The quantitative estimate of drug-likeness (QED) is 0.891. The molecule has 0 aliphatic carbocycles. The molecule has 0 unspecified atom stereocenters. The van der Waals surface area contributed by atoms with Crippen molar-refractivity contribution in [3.63, 3.8) is 0 Å². The van der Waals surface area contributed by atoms with Crippen molar-refractivity contribution < 1.29 is 13.7 Å². The second kappa shape index (κ2) is 6.23. The molecule has 0 spiro atoms. The Hall–Kier alpha value is -2.28. The number of nitrogens with zero attached hydrogens (tertiary/aromatic N) is 2. The van der Waals surface area contributed by atoms with Gasteiger partial charge in [-0.1, -0.05) is 23.4 Å². The van der Waals surface area contributed by atoms with Crippen molar-refractivity contribution in [1.82, 2.24) is 20.8 Å². The average Bonchev–Trinajstić information content (AvgIpc) is 3.17. The van der Waals surface area contributed by atoms with Gasteiger partial charge >= 0.3 is 0 Å². The third-order valence-corrected chi connectivity index (χ3v) is 3.74. The van der Waals surface area contributed by atoms with E-state index in [1.807, 2.05) is 0 Å². The van der Waals surface area contributed by atoms with Crippen LogP contribution in [0.5, 0.6) is 0 Å². The van der Waals surface area contributed by atoms with Crippen molar-refractivity contribution in [2.24, 2.45) is 5.92 Å². The fourth-order valence-corrected chi connectivity index (χ4v) is 2.56. The number of amides is 1. The van der Waals surface area contributed by atoms with Crippen molar-refractivity contribution in [1.29, 1.82) is 0 Å². The van der Waals surface area contributed by atoms with E-state index in [1.165, 1.54) is 6.07 Å². The molecule has 0 bridgehead atoms. The highest BCUT2D eigenvalue weighted by Crippen LogP contribution is 2.23. The molecule has 2 N–H and O–H groups in total. The number of nitrogens with one attached hydrogen (secondary N) is 2. The molecule has 22 heavy (non-hydrogen) atoms. The van der Waals surface area contributed by atoms with Gasteiger partial charge in [-0.05, 0) is 19.0 Å². The molecule has 1 aliphatic rings. The highest BCUT2D eigenvalue weighted by atomic mass is 19.1. The summed E-state index contributed by atoms with van der Waals surface area (Å²) in [4.78, 5) is 16.5. The highest BCUT2D eigenvalue weighted by Gasteiger charge is 2.29. The Morgan fingerprint density at radius 2 is 2.32 bits per heavy atom. The van der Waals surface area contributed by atoms with Gasteiger partial charge in [0.05, 0.1) is 5.92 Å². The van der Waals surface area contributed by atoms with Crippen molar-refractivity contribution >= 4 is 5.91 Å². The topological polar surface area (TPSA) is 80.0 Å². The van der Waals surface area contributed by atoms with E-state index in [-0.39, 0.29) is 17.6 Å². The Balaban J connectivity index is 1.89. The number of rotatable bonds is 4. The average molecular weight is 304 g/mol. The molecule has 3 rings (SSSR count). The van der Waals surface area contributed by atoms with Crippen LogP contribution in [0.2, 0.25) is 0 Å². The lowest BCUT2D eigenvalue weighted by Crippen LogP contribution is -2.36. The lowest BCUT2D eigenvalue weighted by atomic mass is 10.0. The van der Waals surface area contributed by atoms with Crippen LogP contribution in [0.1, 0.15) is 29.7 Å². The molecule has 6 nitrogen and oxygen atoms in total. The molecule has 1 aliphatic heterocycles. The summed E-state index contributed by atoms with van der Waals surface area (Å²) in [5, 5.41) is 9.81. The van der Waals surface area contributed by atoms with Gasteiger partial charge in [0, 0.05) is 19.0 Å². The summed E-state index contributed by atoms with van der Waals surface area (Å²) in [6.45, 7) is 3.09. The predicted octanol–water partition coefficient (Wildman–Crippen LogP) is 1.33. The smallest absolute Gasteiger partial charge is 0.225 e. The first kappa shape index (κ1) is 14.6. The molecule has 2 atom stereocenters. The lowest BCUT2D eigenvalue weighted by molar-refractivity contribution is -0.125. The van der Waals surface area contributed by atoms with E-state index in [2.05, 4.69) is 20.8 Å². The van der Waals surface area contributed by atoms with Crippen LogP contribution >= 0.6 is 0 Å². The number of hydrogen-bond donors (Lipinski definition) is 2. The number of benzene rings is 1. The molecule has 1 aromatic carbocycles. The molecule has 2 heterocycles. The first-order valence-electron chi connectivity index (χ1n) is 7.21. The lowest BCUT2D eigenvalue weighted by Gasteiger charge is -2.18. The van der Waals surface area contributed by atoms with Crippen LogP contribution in [0.25, 0.3) is 0 Å². The van der Waals surface area contributed by atoms with E-state index in [4.69, 9.17) is 4.52 Å². The molecule has 1 saturated heterocycles. The van der Waals surface area contributed by atoms with Gasteiger partial charge in [-0.2, -0.15) is 4.98 Å². The largest absolute Gasteiger partial charge is 0.341 e. The van der Waals surface area contributed by atoms with Crippen LogP contribution in [0, 0.1) is 18.7 Å². The summed E-state index contributed by atoms with van der Waals surface area (Å²) in [7, 11) is 0. The van der Waals surface area contributed by atoms with Crippen LogP contribution in [0.15, 0.2) is 28.8 Å². The van der Waals surface area contributed by atoms with Gasteiger partial charge in [-0.3, -0.25) is 4.79 Å². The molecule has 0 radical (unpaired) electrons. The Morgan fingerprint density at radius 3 is 2.95 bits per heavy atom. The fraction of sp³-hybridized carbons (Fsp3) is 0.400. The second-order valence-corrected chi connectivity index (χ2v) is 5.32. The van der Waals surface area contributed by atoms with Gasteiger partial charge in [0.2, 0.25) is 11.8 Å². The van der Waals surface area contributed by atoms with E-state index in [0.717, 1.165) is 13.0 Å². The summed E-state index contributed by atoms with van der Waals surface area (Å²) < 4.78 is 19.1. The van der Waals surface area contributed by atoms with Crippen molar-refractivity contribution in [3.8, 4) is 0 Å². The summed E-state index contributed by atoms with van der Waals surface area (Å²) >= 11 is 0. The molecule has 1 amide bonds. The maximum atomic E-state index is 14.1. The van der Waals surface area contributed by atoms with E-state index in [1.54, 1.807) is 25.1 Å². The first-order valence-corrected chi connectivity index (χ1v) is 7.21. The second-order valence-electron chi connectivity index (χ2n) is 5.32. The number of aryl methyl sites for hydroxylation is 1. The number of carbonyl (C=O) groups is 1. The number of carbonyl (C=O) groups excluding carboxylic acids is 1. The molecule has 2 aromatic rings. The van der Waals surface area contributed by atoms with Gasteiger partial charge in [0.15, 0.2) is 5.82 Å². The maximum absolute atomic E-state index is 14.1. The number of halogens is 1. The minimum atomic E-state index is -0.758. The normalized spacial score (nSPS) is 19.1. The van der Waals surface area contributed by atoms with Gasteiger partial charge in [0.25, 0.3) is 0 Å². The molecule has 116 valence electrons. The number of hydrogen-bond acceptors (Lipinski definition) is 5. The van der Waals surface area contributed by atoms with Gasteiger partial charge < -0.3 is 15.2 Å². The van der Waals surface area contributed by atoms with Gasteiger partial charge in [-0.15, -0.1) is 0 Å². The minimum absolute atomic E-state index is 0.123. The summed E-state index contributed by atoms with van der Waals surface area (Å²) in [5.41, 5.74) is 0.322. The molecule has 0 saturated carbocycles. The van der Waals surface area contributed by atoms with Crippen LogP contribution in [-0.2, 0) is 4.79 Å². The SMILES string of the molecule is Cc1nc([C@H](NC(=O)[C@H]2CCNC2)c2ccccc2F)no1. The molecular formula is C15H17FN4O2. The van der Waals surface area contributed by atoms with E-state index >= 15 is 0 Å². The Labute approximate surface area is 127 Å². The van der Waals surface area contributed by atoms with Crippen molar-refractivity contribution in [3.05, 3.63) is 47.4 Å². The third kappa shape index (κ3) is 2.99. The summed E-state index contributed by atoms with van der Waals surface area (Å²) in [5.74, 6) is -0.0576. The zero-order valence-corrected chi connectivity index (χ0v) is 12.2. The molecular weight excluding hydrogens is 287 g/mol. The van der Waals surface area contributed by atoms with E-state index in [0.29, 0.717) is 18.0 Å². The van der Waals surface area contributed by atoms with Crippen LogP contribution < -0.4 is 10.6 Å². The maximum Gasteiger partial charge on any atom is 0.225 e. The van der Waals surface area contributed by atoms with Gasteiger partial charge in [-0.25, -0.2) is 4.39 Å². The number of aromatic nitrogens is 2. The van der Waals surface area contributed by atoms with Crippen LogP contribution in [-0.4, -0.2) is 29.1 Å². The van der Waals surface area contributed by atoms with Crippen LogP contribution in [0.4, 0.5) is 4.39 Å². The standard InChI is InChI=1S/C15H17FN4O2/c1-9-18-14(20-22-9)13(11-4-2-3-5-12(11)16)19-15(21)10-6-7-17-8-10/h2-5,10,13,17H,6-8H2,1H3,(H,19,21)/t10-,13+/m0/s1. The summed E-state index contributed by atoms with van der Waals surface area (Å²) in [6, 6.07) is 5.51. The fourth-order valence-electron chi connectivity index (χ4n) is 2.56. The third-order valence-electron chi connectivity index (χ3n) is 3.74. The zero-order valence-electron chi connectivity index (χ0n) is 12.2. The predicted molar refractivity (Wildman–Crippen MR) is 76.4 cm³/mol. The van der Waals surface area contributed by atoms with Crippen molar-refractivity contribution in [2.75, 3.05) is 13.1 Å². The van der Waals surface area contributed by atoms with E-state index < -0.39 is 11.9 Å². The Morgan fingerprint density at radius 1 is 1.50 bits per heavy atom. The Bertz CT molecular complexity index is 667. The van der Waals surface area contributed by atoms with Crippen molar-refractivity contribution in [2.45, 2.75) is 19.4 Å².